The van der Waals surface area contributed by atoms with Gasteiger partial charge in [0.25, 0.3) is 0 Å². The molecule has 2 aromatic rings. The van der Waals surface area contributed by atoms with Gasteiger partial charge in [-0.15, -0.1) is 11.3 Å². The van der Waals surface area contributed by atoms with E-state index in [1.165, 1.54) is 36.3 Å². The molecule has 0 bridgehead atoms. The van der Waals surface area contributed by atoms with E-state index in [4.69, 9.17) is 0 Å². The van der Waals surface area contributed by atoms with Gasteiger partial charge in [0.15, 0.2) is 5.13 Å². The van der Waals surface area contributed by atoms with E-state index in [2.05, 4.69) is 10.3 Å². The number of rotatable bonds is 6. The van der Waals surface area contributed by atoms with E-state index in [-0.39, 0.29) is 5.91 Å². The Morgan fingerprint density at radius 2 is 1.96 bits per heavy atom. The average molecular weight is 354 g/mol. The summed E-state index contributed by atoms with van der Waals surface area (Å²) in [5.41, 5.74) is 0.123. The number of hydrogen-bond donors (Lipinski definition) is 1. The molecule has 0 aliphatic heterocycles. The van der Waals surface area contributed by atoms with Crippen LogP contribution in [0.1, 0.15) is 41.7 Å². The third-order valence-corrected chi connectivity index (χ3v) is 4.85. The molecule has 7 heteroatoms. The Labute approximate surface area is 141 Å². The lowest BCUT2D eigenvalue weighted by atomic mass is 10.1. The van der Waals surface area contributed by atoms with E-state index in [1.807, 2.05) is 0 Å². The minimum Gasteiger partial charge on any atom is -0.302 e. The number of nitrogens with zero attached hydrogens (tertiary/aromatic N) is 1. The smallest absolute Gasteiger partial charge is 0.302 e. The number of benzene rings is 1. The number of aromatic nitrogens is 1. The van der Waals surface area contributed by atoms with Gasteiger partial charge in [-0.2, -0.15) is 13.2 Å². The minimum atomic E-state index is -4.32. The quantitative estimate of drug-likeness (QED) is 0.803. The van der Waals surface area contributed by atoms with Gasteiger partial charge in [-0.25, -0.2) is 4.98 Å². The average Bonchev–Trinajstić information content (AvgIpc) is 3.26. The fourth-order valence-corrected chi connectivity index (χ4v) is 3.25. The first-order valence-corrected chi connectivity index (χ1v) is 8.62. The van der Waals surface area contributed by atoms with Gasteiger partial charge >= 0.3 is 6.18 Å². The van der Waals surface area contributed by atoms with Crippen LogP contribution in [0.5, 0.6) is 0 Å². The first-order chi connectivity index (χ1) is 11.4. The molecular weight excluding hydrogens is 337 g/mol. The summed E-state index contributed by atoms with van der Waals surface area (Å²) in [4.78, 5) is 16.8. The van der Waals surface area contributed by atoms with Crippen molar-refractivity contribution in [3.05, 3.63) is 46.5 Å². The Balaban J connectivity index is 1.54. The van der Waals surface area contributed by atoms with Gasteiger partial charge in [-0.3, -0.25) is 4.79 Å². The zero-order valence-corrected chi connectivity index (χ0v) is 13.7. The Hall–Kier alpha value is -1.89. The molecule has 1 aliphatic rings. The lowest BCUT2D eigenvalue weighted by Crippen LogP contribution is -2.10. The lowest BCUT2D eigenvalue weighted by molar-refractivity contribution is -0.137. The highest BCUT2D eigenvalue weighted by atomic mass is 32.1. The molecule has 1 heterocycles. The highest BCUT2D eigenvalue weighted by Crippen LogP contribution is 2.33. The second kappa shape index (κ2) is 6.93. The number of amides is 1. The molecule has 24 heavy (non-hydrogen) atoms. The second-order valence-corrected chi connectivity index (χ2v) is 7.15. The van der Waals surface area contributed by atoms with E-state index in [0.29, 0.717) is 23.9 Å². The van der Waals surface area contributed by atoms with E-state index in [0.717, 1.165) is 29.0 Å². The van der Waals surface area contributed by atoms with Crippen LogP contribution in [0.3, 0.4) is 0 Å². The molecule has 0 spiro atoms. The summed E-state index contributed by atoms with van der Waals surface area (Å²) in [5, 5.41) is 3.32. The zero-order chi connectivity index (χ0) is 17.2. The standard InChI is InChI=1S/C17H17F3N2OS/c18-17(19,20)13-6-3-12(4-7-13)9-14-10-21-16(24-14)22-15(23)8-5-11-1-2-11/h3-4,6-7,10-11H,1-2,5,8-9H2,(H,21,22,23). The molecule has 3 nitrogen and oxygen atoms in total. The second-order valence-electron chi connectivity index (χ2n) is 6.03. The fourth-order valence-electron chi connectivity index (χ4n) is 2.38. The van der Waals surface area contributed by atoms with Crippen LogP contribution in [0.25, 0.3) is 0 Å². The SMILES string of the molecule is O=C(CCC1CC1)Nc1ncc(Cc2ccc(C(F)(F)F)cc2)s1. The third kappa shape index (κ3) is 4.80. The molecule has 1 N–H and O–H groups in total. The molecule has 1 aromatic heterocycles. The monoisotopic (exact) mass is 354 g/mol. The lowest BCUT2D eigenvalue weighted by Gasteiger charge is -2.06. The van der Waals surface area contributed by atoms with Gasteiger partial charge in [-0.05, 0) is 30.0 Å². The van der Waals surface area contributed by atoms with Crippen LogP contribution < -0.4 is 5.32 Å². The molecule has 128 valence electrons. The molecule has 3 rings (SSSR count). The van der Waals surface area contributed by atoms with Gasteiger partial charge in [0.2, 0.25) is 5.91 Å². The van der Waals surface area contributed by atoms with Crippen LogP contribution in [0.15, 0.2) is 30.5 Å². The summed E-state index contributed by atoms with van der Waals surface area (Å²) in [7, 11) is 0. The fraction of sp³-hybridized carbons (Fsp3) is 0.412. The van der Waals surface area contributed by atoms with Gasteiger partial charge in [0.1, 0.15) is 0 Å². The number of nitrogens with one attached hydrogen (secondary N) is 1. The molecular formula is C17H17F3N2OS. The number of alkyl halides is 3. The summed E-state index contributed by atoms with van der Waals surface area (Å²) < 4.78 is 37.6. The van der Waals surface area contributed by atoms with Crippen molar-refractivity contribution in [3.8, 4) is 0 Å². The first-order valence-electron chi connectivity index (χ1n) is 7.81. The summed E-state index contributed by atoms with van der Waals surface area (Å²) >= 11 is 1.35. The number of carbonyl (C=O) groups is 1. The molecule has 1 amide bonds. The normalized spacial score (nSPS) is 14.6. The minimum absolute atomic E-state index is 0.0302. The van der Waals surface area contributed by atoms with Crippen molar-refractivity contribution in [2.45, 2.75) is 38.3 Å². The topological polar surface area (TPSA) is 42.0 Å². The van der Waals surface area contributed by atoms with E-state index in [9.17, 15) is 18.0 Å². The predicted octanol–water partition coefficient (Wildman–Crippen LogP) is 4.88. The van der Waals surface area contributed by atoms with Crippen LogP contribution in [0.2, 0.25) is 0 Å². The third-order valence-electron chi connectivity index (χ3n) is 3.94. The number of carbonyl (C=O) groups excluding carboxylic acids is 1. The van der Waals surface area contributed by atoms with Crippen molar-refractivity contribution in [1.82, 2.24) is 4.98 Å². The summed E-state index contributed by atoms with van der Waals surface area (Å²) in [6.07, 6.45) is 1.71. The van der Waals surface area contributed by atoms with Crippen molar-refractivity contribution >= 4 is 22.4 Å². The molecule has 1 fully saturated rings. The van der Waals surface area contributed by atoms with Gasteiger partial charge in [0, 0.05) is 23.9 Å². The maximum atomic E-state index is 12.5. The Morgan fingerprint density at radius 3 is 2.58 bits per heavy atom. The van der Waals surface area contributed by atoms with Crippen LogP contribution >= 0.6 is 11.3 Å². The van der Waals surface area contributed by atoms with Crippen LogP contribution in [-0.2, 0) is 17.4 Å². The zero-order valence-electron chi connectivity index (χ0n) is 12.9. The Bertz CT molecular complexity index is 705. The molecule has 0 saturated heterocycles. The van der Waals surface area contributed by atoms with Crippen molar-refractivity contribution in [2.75, 3.05) is 5.32 Å². The van der Waals surface area contributed by atoms with E-state index in [1.54, 1.807) is 6.20 Å². The van der Waals surface area contributed by atoms with Crippen molar-refractivity contribution < 1.29 is 18.0 Å². The van der Waals surface area contributed by atoms with Gasteiger partial charge < -0.3 is 5.32 Å². The summed E-state index contributed by atoms with van der Waals surface area (Å²) in [6, 6.07) is 5.10. The number of hydrogen-bond acceptors (Lipinski definition) is 3. The maximum Gasteiger partial charge on any atom is 0.416 e. The number of anilines is 1. The van der Waals surface area contributed by atoms with E-state index < -0.39 is 11.7 Å². The Morgan fingerprint density at radius 1 is 1.25 bits per heavy atom. The van der Waals surface area contributed by atoms with Crippen LogP contribution in [0, 0.1) is 5.92 Å². The predicted molar refractivity (Wildman–Crippen MR) is 87.0 cm³/mol. The van der Waals surface area contributed by atoms with Crippen molar-refractivity contribution in [2.24, 2.45) is 5.92 Å². The molecule has 1 aliphatic carbocycles. The molecule has 1 saturated carbocycles. The summed E-state index contributed by atoms with van der Waals surface area (Å²) in [6.45, 7) is 0. The molecule has 0 atom stereocenters. The largest absolute Gasteiger partial charge is 0.416 e. The van der Waals surface area contributed by atoms with Gasteiger partial charge in [0.05, 0.1) is 5.56 Å². The van der Waals surface area contributed by atoms with Gasteiger partial charge in [-0.1, -0.05) is 25.0 Å². The van der Waals surface area contributed by atoms with E-state index >= 15 is 0 Å². The van der Waals surface area contributed by atoms with Crippen LogP contribution in [0.4, 0.5) is 18.3 Å². The number of halogens is 3. The highest BCUT2D eigenvalue weighted by molar-refractivity contribution is 7.15. The summed E-state index contributed by atoms with van der Waals surface area (Å²) in [5.74, 6) is 0.680. The molecule has 1 aromatic carbocycles. The van der Waals surface area contributed by atoms with Crippen molar-refractivity contribution in [1.29, 1.82) is 0 Å². The highest BCUT2D eigenvalue weighted by Gasteiger charge is 2.29. The molecule has 0 radical (unpaired) electrons. The maximum absolute atomic E-state index is 12.5. The first kappa shape index (κ1) is 17.0. The van der Waals surface area contributed by atoms with Crippen molar-refractivity contribution in [3.63, 3.8) is 0 Å². The molecule has 0 unspecified atom stereocenters. The van der Waals surface area contributed by atoms with Crippen LogP contribution in [-0.4, -0.2) is 10.9 Å². The number of thiazole rings is 1. The Kier molecular flexibility index (Phi) is 4.89.